The molecule has 0 aliphatic heterocycles. The number of aryl methyl sites for hydroxylation is 3. The van der Waals surface area contributed by atoms with Crippen LogP contribution in [0.2, 0.25) is 0 Å². The lowest BCUT2D eigenvalue weighted by Gasteiger charge is -2.17. The first kappa shape index (κ1) is 16.9. The fourth-order valence-electron chi connectivity index (χ4n) is 2.59. The zero-order valence-corrected chi connectivity index (χ0v) is 14.0. The molecule has 2 N–H and O–H groups in total. The summed E-state index contributed by atoms with van der Waals surface area (Å²) in [6.07, 6.45) is 0.377. The first-order valence-electron chi connectivity index (χ1n) is 7.55. The highest BCUT2D eigenvalue weighted by molar-refractivity contribution is 6.00. The molecule has 0 saturated heterocycles. The van der Waals surface area contributed by atoms with E-state index in [2.05, 4.69) is 15.4 Å². The van der Waals surface area contributed by atoms with Gasteiger partial charge in [-0.25, -0.2) is 9.78 Å². The van der Waals surface area contributed by atoms with E-state index in [-0.39, 0.29) is 5.92 Å². The number of fused-ring (bicyclic) bond motifs is 1. The number of carbonyl (C=O) groups excluding carboxylic acids is 1. The van der Waals surface area contributed by atoms with Crippen LogP contribution in [-0.2, 0) is 11.8 Å². The van der Waals surface area contributed by atoms with Gasteiger partial charge in [0.25, 0.3) is 5.91 Å². The zero-order chi connectivity index (χ0) is 17.3. The van der Waals surface area contributed by atoms with Gasteiger partial charge in [-0.15, -0.1) is 0 Å². The predicted molar refractivity (Wildman–Crippen MR) is 86.3 cm³/mol. The molecule has 124 valence electrons. The molecule has 0 fully saturated rings. The van der Waals surface area contributed by atoms with Crippen molar-refractivity contribution >= 4 is 22.9 Å². The number of nitrogens with one attached hydrogen (secondary N) is 1. The normalized spacial score (nSPS) is 12.6. The second-order valence-electron chi connectivity index (χ2n) is 6.20. The third-order valence-corrected chi connectivity index (χ3v) is 3.74. The second-order valence-corrected chi connectivity index (χ2v) is 6.20. The summed E-state index contributed by atoms with van der Waals surface area (Å²) in [6, 6.07) is 0.816. The molecule has 2 aromatic rings. The summed E-state index contributed by atoms with van der Waals surface area (Å²) in [5, 5.41) is 16.9. The molecular weight excluding hydrogens is 296 g/mol. The quantitative estimate of drug-likeness (QED) is 0.876. The number of carbonyl (C=O) groups is 2. The van der Waals surface area contributed by atoms with Gasteiger partial charge in [-0.2, -0.15) is 5.10 Å². The molecule has 2 rings (SSSR count). The smallest absolute Gasteiger partial charge is 0.326 e. The van der Waals surface area contributed by atoms with E-state index in [0.717, 1.165) is 11.1 Å². The Bertz CT molecular complexity index is 764. The number of rotatable bonds is 5. The van der Waals surface area contributed by atoms with Crippen molar-refractivity contribution in [3.8, 4) is 0 Å². The van der Waals surface area contributed by atoms with Crippen LogP contribution in [0.25, 0.3) is 11.0 Å². The van der Waals surface area contributed by atoms with E-state index in [0.29, 0.717) is 23.3 Å². The maximum Gasteiger partial charge on any atom is 0.326 e. The zero-order valence-electron chi connectivity index (χ0n) is 14.0. The molecule has 1 amide bonds. The van der Waals surface area contributed by atoms with Crippen LogP contribution in [0.5, 0.6) is 0 Å². The van der Waals surface area contributed by atoms with E-state index in [1.165, 1.54) is 0 Å². The Balaban J connectivity index is 2.35. The number of carboxylic acid groups (broad SMARTS) is 1. The van der Waals surface area contributed by atoms with Crippen LogP contribution in [0.15, 0.2) is 6.07 Å². The Morgan fingerprint density at radius 3 is 2.52 bits per heavy atom. The van der Waals surface area contributed by atoms with E-state index in [1.807, 2.05) is 20.8 Å². The summed E-state index contributed by atoms with van der Waals surface area (Å²) >= 11 is 0. The molecule has 2 aromatic heterocycles. The number of nitrogens with zero attached hydrogens (tertiary/aromatic N) is 3. The Kier molecular flexibility index (Phi) is 4.68. The van der Waals surface area contributed by atoms with Crippen molar-refractivity contribution in [2.24, 2.45) is 13.0 Å². The maximum absolute atomic E-state index is 12.5. The Hall–Kier alpha value is -2.44. The molecule has 7 nitrogen and oxygen atoms in total. The number of hydrogen-bond acceptors (Lipinski definition) is 4. The monoisotopic (exact) mass is 318 g/mol. The summed E-state index contributed by atoms with van der Waals surface area (Å²) < 4.78 is 1.66. The third kappa shape index (κ3) is 3.49. The number of pyridine rings is 1. The van der Waals surface area contributed by atoms with E-state index in [4.69, 9.17) is 0 Å². The minimum Gasteiger partial charge on any atom is -0.480 e. The first-order valence-corrected chi connectivity index (χ1v) is 7.55. The van der Waals surface area contributed by atoms with Gasteiger partial charge in [-0.1, -0.05) is 13.8 Å². The van der Waals surface area contributed by atoms with Gasteiger partial charge in [0.15, 0.2) is 5.65 Å². The van der Waals surface area contributed by atoms with Crippen LogP contribution < -0.4 is 5.32 Å². The summed E-state index contributed by atoms with van der Waals surface area (Å²) in [4.78, 5) is 28.2. The topological polar surface area (TPSA) is 97.1 Å². The molecule has 0 aromatic carbocycles. The van der Waals surface area contributed by atoms with Gasteiger partial charge in [-0.3, -0.25) is 9.48 Å². The average molecular weight is 318 g/mol. The van der Waals surface area contributed by atoms with Crippen molar-refractivity contribution in [1.82, 2.24) is 20.1 Å². The number of hydrogen-bond donors (Lipinski definition) is 2. The fraction of sp³-hybridized carbons (Fsp3) is 0.500. The predicted octanol–water partition coefficient (Wildman–Crippen LogP) is 1.81. The molecule has 2 heterocycles. The molecule has 7 heteroatoms. The number of aromatic nitrogens is 3. The van der Waals surface area contributed by atoms with Crippen molar-refractivity contribution in [3.63, 3.8) is 0 Å². The molecule has 23 heavy (non-hydrogen) atoms. The van der Waals surface area contributed by atoms with E-state index >= 15 is 0 Å². The van der Waals surface area contributed by atoms with Crippen molar-refractivity contribution in [2.45, 2.75) is 40.2 Å². The van der Waals surface area contributed by atoms with Gasteiger partial charge in [0.2, 0.25) is 0 Å². The summed E-state index contributed by atoms with van der Waals surface area (Å²) in [5.41, 5.74) is 2.41. The minimum absolute atomic E-state index is 0.165. The standard InChI is InChI=1S/C16H22N4O3/c1-8(2)6-13(16(22)23)18-15(21)12-7-11-10(4)19-20(5)14(11)17-9(12)3/h7-8,13H,6H2,1-5H3,(H,18,21)(H,22,23)/t13-/m1/s1. The minimum atomic E-state index is -1.03. The molecule has 0 spiro atoms. The molecule has 0 radical (unpaired) electrons. The molecular formula is C16H22N4O3. The van der Waals surface area contributed by atoms with E-state index < -0.39 is 17.9 Å². The lowest BCUT2D eigenvalue weighted by atomic mass is 10.0. The second kappa shape index (κ2) is 6.36. The van der Waals surface area contributed by atoms with Crippen LogP contribution in [0, 0.1) is 19.8 Å². The highest BCUT2D eigenvalue weighted by Crippen LogP contribution is 2.19. The average Bonchev–Trinajstić information content (AvgIpc) is 2.71. The summed E-state index contributed by atoms with van der Waals surface area (Å²) in [5.74, 6) is -1.29. The first-order chi connectivity index (χ1) is 10.7. The van der Waals surface area contributed by atoms with Gasteiger partial charge < -0.3 is 10.4 Å². The Morgan fingerprint density at radius 1 is 1.30 bits per heavy atom. The van der Waals surface area contributed by atoms with Crippen molar-refractivity contribution in [1.29, 1.82) is 0 Å². The highest BCUT2D eigenvalue weighted by Gasteiger charge is 2.23. The van der Waals surface area contributed by atoms with Crippen LogP contribution in [-0.4, -0.2) is 37.8 Å². The van der Waals surface area contributed by atoms with Crippen LogP contribution >= 0.6 is 0 Å². The van der Waals surface area contributed by atoms with Crippen LogP contribution in [0.4, 0.5) is 0 Å². The largest absolute Gasteiger partial charge is 0.480 e. The van der Waals surface area contributed by atoms with E-state index in [1.54, 1.807) is 24.7 Å². The van der Waals surface area contributed by atoms with Gasteiger partial charge in [0.05, 0.1) is 17.0 Å². The van der Waals surface area contributed by atoms with Crippen molar-refractivity contribution in [3.05, 3.63) is 23.0 Å². The molecule has 0 unspecified atom stereocenters. The number of carboxylic acids is 1. The summed E-state index contributed by atoms with van der Waals surface area (Å²) in [7, 11) is 1.80. The third-order valence-electron chi connectivity index (χ3n) is 3.74. The lowest BCUT2D eigenvalue weighted by Crippen LogP contribution is -2.41. The number of amides is 1. The van der Waals surface area contributed by atoms with Crippen molar-refractivity contribution in [2.75, 3.05) is 0 Å². The van der Waals surface area contributed by atoms with E-state index in [9.17, 15) is 14.7 Å². The fourth-order valence-corrected chi connectivity index (χ4v) is 2.59. The summed E-state index contributed by atoms with van der Waals surface area (Å²) in [6.45, 7) is 7.41. The van der Waals surface area contributed by atoms with Gasteiger partial charge >= 0.3 is 5.97 Å². The molecule has 1 atom stereocenters. The van der Waals surface area contributed by atoms with Gasteiger partial charge in [0, 0.05) is 12.4 Å². The highest BCUT2D eigenvalue weighted by atomic mass is 16.4. The lowest BCUT2D eigenvalue weighted by molar-refractivity contribution is -0.139. The van der Waals surface area contributed by atoms with Gasteiger partial charge in [0.1, 0.15) is 6.04 Å². The SMILES string of the molecule is Cc1nc2c(cc1C(=O)N[C@H](CC(C)C)C(=O)O)c(C)nn2C. The van der Waals surface area contributed by atoms with Crippen LogP contribution in [0.1, 0.15) is 42.0 Å². The van der Waals surface area contributed by atoms with Crippen molar-refractivity contribution < 1.29 is 14.7 Å². The Labute approximate surface area is 134 Å². The maximum atomic E-state index is 12.5. The molecule has 0 aliphatic carbocycles. The van der Waals surface area contributed by atoms with Crippen LogP contribution in [0.3, 0.4) is 0 Å². The van der Waals surface area contributed by atoms with Gasteiger partial charge in [-0.05, 0) is 32.3 Å². The molecule has 0 bridgehead atoms. The molecule has 0 saturated carbocycles. The Morgan fingerprint density at radius 2 is 1.96 bits per heavy atom. The number of aliphatic carboxylic acids is 1. The molecule has 0 aliphatic rings.